The van der Waals surface area contributed by atoms with E-state index in [-0.39, 0.29) is 5.91 Å². The molecular weight excluding hydrogens is 260 g/mol. The van der Waals surface area contributed by atoms with E-state index in [1.165, 1.54) is 11.8 Å². The van der Waals surface area contributed by atoms with Gasteiger partial charge < -0.3 is 15.4 Å². The van der Waals surface area contributed by atoms with Gasteiger partial charge in [-0.1, -0.05) is 6.92 Å². The van der Waals surface area contributed by atoms with Gasteiger partial charge in [0.1, 0.15) is 0 Å². The van der Waals surface area contributed by atoms with Crippen molar-refractivity contribution in [2.24, 2.45) is 0 Å². The Hall–Kier alpha value is -1.04. The lowest BCUT2D eigenvalue weighted by atomic mass is 10.3. The minimum absolute atomic E-state index is 0.0484. The van der Waals surface area contributed by atoms with Gasteiger partial charge in [0, 0.05) is 36.4 Å². The van der Waals surface area contributed by atoms with Crippen LogP contribution in [0.1, 0.15) is 13.8 Å². The third kappa shape index (κ3) is 6.61. The van der Waals surface area contributed by atoms with Crippen molar-refractivity contribution in [3.8, 4) is 0 Å². The lowest BCUT2D eigenvalue weighted by molar-refractivity contribution is -0.114. The Labute approximate surface area is 119 Å². The number of likely N-dealkylation sites (N-methyl/N-ethyl adjacent to an activating group) is 1. The number of anilines is 1. The predicted octanol–water partition coefficient (Wildman–Crippen LogP) is 2.36. The average Bonchev–Trinajstić information content (AvgIpc) is 2.37. The minimum atomic E-state index is -0.0484. The molecule has 0 saturated carbocycles. The summed E-state index contributed by atoms with van der Waals surface area (Å²) in [7, 11) is 1.72. The van der Waals surface area contributed by atoms with Crippen molar-refractivity contribution >= 4 is 23.4 Å². The van der Waals surface area contributed by atoms with Crippen LogP contribution in [-0.2, 0) is 9.53 Å². The molecule has 0 aromatic heterocycles. The lowest BCUT2D eigenvalue weighted by Gasteiger charge is -2.16. The number of hydrogen-bond acceptors (Lipinski definition) is 4. The SMILES string of the molecule is CCNC(COC)CSc1ccc(NC(C)=O)cc1. The molecule has 106 valence electrons. The van der Waals surface area contributed by atoms with E-state index in [2.05, 4.69) is 17.6 Å². The number of methoxy groups -OCH3 is 1. The number of rotatable bonds is 8. The maximum Gasteiger partial charge on any atom is 0.221 e. The molecule has 1 unspecified atom stereocenters. The molecule has 0 fully saturated rings. The minimum Gasteiger partial charge on any atom is -0.383 e. The fourth-order valence-electron chi connectivity index (χ4n) is 1.69. The van der Waals surface area contributed by atoms with Crippen LogP contribution in [0, 0.1) is 0 Å². The molecule has 4 nitrogen and oxygen atoms in total. The number of carbonyl (C=O) groups excluding carboxylic acids is 1. The zero-order valence-corrected chi connectivity index (χ0v) is 12.5. The van der Waals surface area contributed by atoms with Gasteiger partial charge in [-0.25, -0.2) is 0 Å². The molecule has 0 aliphatic rings. The Bertz CT molecular complexity index is 376. The van der Waals surface area contributed by atoms with Gasteiger partial charge in [-0.3, -0.25) is 4.79 Å². The van der Waals surface area contributed by atoms with Crippen molar-refractivity contribution in [2.45, 2.75) is 24.8 Å². The summed E-state index contributed by atoms with van der Waals surface area (Å²) < 4.78 is 5.18. The Balaban J connectivity index is 2.45. The van der Waals surface area contributed by atoms with Gasteiger partial charge in [0.25, 0.3) is 0 Å². The maximum absolute atomic E-state index is 10.9. The molecule has 0 aliphatic carbocycles. The number of carbonyl (C=O) groups is 1. The number of nitrogens with one attached hydrogen (secondary N) is 2. The molecule has 0 heterocycles. The summed E-state index contributed by atoms with van der Waals surface area (Å²) in [5.41, 5.74) is 0.831. The van der Waals surface area contributed by atoms with Gasteiger partial charge in [-0.15, -0.1) is 11.8 Å². The molecule has 1 rings (SSSR count). The van der Waals surface area contributed by atoms with Crippen molar-refractivity contribution in [1.82, 2.24) is 5.32 Å². The highest BCUT2D eigenvalue weighted by molar-refractivity contribution is 7.99. The second kappa shape index (κ2) is 8.96. The molecule has 1 amide bonds. The molecule has 0 spiro atoms. The second-order valence-electron chi connectivity index (χ2n) is 4.23. The zero-order valence-electron chi connectivity index (χ0n) is 11.7. The van der Waals surface area contributed by atoms with Gasteiger partial charge in [0.15, 0.2) is 0 Å². The number of benzene rings is 1. The number of amides is 1. The van der Waals surface area contributed by atoms with E-state index >= 15 is 0 Å². The second-order valence-corrected chi connectivity index (χ2v) is 5.32. The third-order valence-corrected chi connectivity index (χ3v) is 3.66. The van der Waals surface area contributed by atoms with E-state index in [0.717, 1.165) is 18.0 Å². The monoisotopic (exact) mass is 282 g/mol. The average molecular weight is 282 g/mol. The Morgan fingerprint density at radius 1 is 1.37 bits per heavy atom. The van der Waals surface area contributed by atoms with Crippen molar-refractivity contribution < 1.29 is 9.53 Å². The van der Waals surface area contributed by atoms with Crippen LogP contribution in [-0.4, -0.2) is 38.0 Å². The summed E-state index contributed by atoms with van der Waals surface area (Å²) in [5, 5.41) is 6.15. The molecule has 0 saturated heterocycles. The molecular formula is C14H22N2O2S. The topological polar surface area (TPSA) is 50.4 Å². The van der Waals surface area contributed by atoms with E-state index in [9.17, 15) is 4.79 Å². The van der Waals surface area contributed by atoms with Crippen LogP contribution in [0.2, 0.25) is 0 Å². The fraction of sp³-hybridized carbons (Fsp3) is 0.500. The normalized spacial score (nSPS) is 12.2. The molecule has 1 aromatic rings. The predicted molar refractivity (Wildman–Crippen MR) is 80.8 cm³/mol. The first-order chi connectivity index (χ1) is 9.15. The summed E-state index contributed by atoms with van der Waals surface area (Å²) in [6.07, 6.45) is 0. The van der Waals surface area contributed by atoms with Crippen LogP contribution in [0.25, 0.3) is 0 Å². The smallest absolute Gasteiger partial charge is 0.221 e. The summed E-state index contributed by atoms with van der Waals surface area (Å²) >= 11 is 1.78. The van der Waals surface area contributed by atoms with E-state index in [1.807, 2.05) is 24.3 Å². The Morgan fingerprint density at radius 3 is 2.58 bits per heavy atom. The van der Waals surface area contributed by atoms with Crippen molar-refractivity contribution in [3.05, 3.63) is 24.3 Å². The van der Waals surface area contributed by atoms with Crippen LogP contribution >= 0.6 is 11.8 Å². The van der Waals surface area contributed by atoms with E-state index < -0.39 is 0 Å². The van der Waals surface area contributed by atoms with Crippen LogP contribution in [0.15, 0.2) is 29.2 Å². The standard InChI is InChI=1S/C14H22N2O2S/c1-4-15-13(9-18-3)10-19-14-7-5-12(6-8-14)16-11(2)17/h5-8,13,15H,4,9-10H2,1-3H3,(H,16,17). The zero-order chi connectivity index (χ0) is 14.1. The fourth-order valence-corrected chi connectivity index (χ4v) is 2.63. The molecule has 0 aliphatic heterocycles. The van der Waals surface area contributed by atoms with Crippen LogP contribution in [0.5, 0.6) is 0 Å². The lowest BCUT2D eigenvalue weighted by Crippen LogP contribution is -2.35. The van der Waals surface area contributed by atoms with Crippen molar-refractivity contribution in [3.63, 3.8) is 0 Å². The highest BCUT2D eigenvalue weighted by Crippen LogP contribution is 2.21. The first kappa shape index (κ1) is 16.0. The third-order valence-electron chi connectivity index (χ3n) is 2.49. The molecule has 2 N–H and O–H groups in total. The summed E-state index contributed by atoms with van der Waals surface area (Å²) in [5.74, 6) is 0.911. The van der Waals surface area contributed by atoms with E-state index in [0.29, 0.717) is 12.6 Å². The van der Waals surface area contributed by atoms with Gasteiger partial charge in [0.05, 0.1) is 6.61 Å². The number of ether oxygens (including phenoxy) is 1. The number of thioether (sulfide) groups is 1. The van der Waals surface area contributed by atoms with E-state index in [4.69, 9.17) is 4.74 Å². The number of hydrogen-bond donors (Lipinski definition) is 2. The quantitative estimate of drug-likeness (QED) is 0.719. The van der Waals surface area contributed by atoms with Gasteiger partial charge in [-0.05, 0) is 30.8 Å². The molecule has 1 atom stereocenters. The van der Waals surface area contributed by atoms with Crippen LogP contribution in [0.3, 0.4) is 0 Å². The maximum atomic E-state index is 10.9. The van der Waals surface area contributed by atoms with Gasteiger partial charge >= 0.3 is 0 Å². The van der Waals surface area contributed by atoms with Gasteiger partial charge in [0.2, 0.25) is 5.91 Å². The summed E-state index contributed by atoms with van der Waals surface area (Å²) in [6, 6.07) is 8.23. The summed E-state index contributed by atoms with van der Waals surface area (Å²) in [4.78, 5) is 12.1. The molecule has 0 radical (unpaired) electrons. The first-order valence-electron chi connectivity index (χ1n) is 6.38. The largest absolute Gasteiger partial charge is 0.383 e. The van der Waals surface area contributed by atoms with Crippen LogP contribution in [0.4, 0.5) is 5.69 Å². The molecule has 0 bridgehead atoms. The highest BCUT2D eigenvalue weighted by Gasteiger charge is 2.07. The summed E-state index contributed by atoms with van der Waals surface area (Å²) in [6.45, 7) is 5.25. The van der Waals surface area contributed by atoms with Crippen molar-refractivity contribution in [2.75, 3.05) is 31.3 Å². The molecule has 1 aromatic carbocycles. The van der Waals surface area contributed by atoms with E-state index in [1.54, 1.807) is 18.9 Å². The Kier molecular flexibility index (Phi) is 7.55. The van der Waals surface area contributed by atoms with Crippen LogP contribution < -0.4 is 10.6 Å². The molecule has 5 heteroatoms. The first-order valence-corrected chi connectivity index (χ1v) is 7.37. The highest BCUT2D eigenvalue weighted by atomic mass is 32.2. The van der Waals surface area contributed by atoms with Gasteiger partial charge in [-0.2, -0.15) is 0 Å². The Morgan fingerprint density at radius 2 is 2.05 bits per heavy atom. The van der Waals surface area contributed by atoms with Crippen molar-refractivity contribution in [1.29, 1.82) is 0 Å². The molecule has 19 heavy (non-hydrogen) atoms.